The topological polar surface area (TPSA) is 93.1 Å². The van der Waals surface area contributed by atoms with Crippen LogP contribution in [0.3, 0.4) is 0 Å². The fourth-order valence-corrected chi connectivity index (χ4v) is 2.90. The molecule has 0 atom stereocenters. The van der Waals surface area contributed by atoms with Gasteiger partial charge in [-0.25, -0.2) is 18.1 Å². The Morgan fingerprint density at radius 2 is 2.15 bits per heavy atom. The van der Waals surface area contributed by atoms with Crippen LogP contribution in [-0.2, 0) is 21.4 Å². The summed E-state index contributed by atoms with van der Waals surface area (Å²) in [4.78, 5) is 15.4. The van der Waals surface area contributed by atoms with Crippen molar-refractivity contribution in [1.82, 2.24) is 19.6 Å². The lowest BCUT2D eigenvalue weighted by Crippen LogP contribution is -2.35. The molecule has 2 N–H and O–H groups in total. The van der Waals surface area contributed by atoms with E-state index in [1.165, 1.54) is 6.20 Å². The number of hydrogen-bond acceptors (Lipinski definition) is 4. The molecule has 0 unspecified atom stereocenters. The van der Waals surface area contributed by atoms with Crippen molar-refractivity contribution in [2.24, 2.45) is 5.92 Å². The van der Waals surface area contributed by atoms with Crippen LogP contribution in [-0.4, -0.2) is 37.0 Å². The summed E-state index contributed by atoms with van der Waals surface area (Å²) in [5.74, 6) is 0.805. The van der Waals surface area contributed by atoms with Gasteiger partial charge in [-0.15, -0.1) is 0 Å². The number of carbonyl (C=O) groups is 1. The van der Waals surface area contributed by atoms with Gasteiger partial charge in [-0.3, -0.25) is 4.79 Å². The Morgan fingerprint density at radius 3 is 2.70 bits per heavy atom. The van der Waals surface area contributed by atoms with Gasteiger partial charge in [0.15, 0.2) is 5.03 Å². The molecule has 1 amide bonds. The second kappa shape index (κ2) is 5.92. The number of nitrogens with zero attached hydrogens (tertiary/aromatic N) is 2. The zero-order valence-electron chi connectivity index (χ0n) is 11.7. The van der Waals surface area contributed by atoms with Crippen molar-refractivity contribution in [1.29, 1.82) is 0 Å². The van der Waals surface area contributed by atoms with E-state index in [1.807, 2.05) is 6.92 Å². The molecule has 0 radical (unpaired) electrons. The average molecular weight is 300 g/mol. The molecule has 1 aliphatic rings. The van der Waals surface area contributed by atoms with E-state index >= 15 is 0 Å². The molecule has 8 heteroatoms. The third-order valence-corrected chi connectivity index (χ3v) is 4.57. The number of nitrogens with one attached hydrogen (secondary N) is 2. The summed E-state index contributed by atoms with van der Waals surface area (Å²) in [6.07, 6.45) is 3.39. The van der Waals surface area contributed by atoms with E-state index in [1.54, 1.807) is 11.5 Å². The predicted octanol–water partition coefficient (Wildman–Crippen LogP) is 0.0159. The van der Waals surface area contributed by atoms with E-state index in [9.17, 15) is 13.2 Å². The van der Waals surface area contributed by atoms with E-state index < -0.39 is 10.0 Å². The Morgan fingerprint density at radius 1 is 1.45 bits per heavy atom. The smallest absolute Gasteiger partial charge is 0.259 e. The molecule has 1 aromatic rings. The third kappa shape index (κ3) is 3.57. The Kier molecular flexibility index (Phi) is 4.44. The number of carbonyl (C=O) groups excluding carboxylic acids is 1. The fourth-order valence-electron chi connectivity index (χ4n) is 1.86. The van der Waals surface area contributed by atoms with Gasteiger partial charge in [0.1, 0.15) is 5.82 Å². The molecule has 1 fully saturated rings. The van der Waals surface area contributed by atoms with Gasteiger partial charge in [-0.05, 0) is 26.7 Å². The van der Waals surface area contributed by atoms with Crippen LogP contribution in [0.1, 0.15) is 25.6 Å². The van der Waals surface area contributed by atoms with E-state index in [-0.39, 0.29) is 23.4 Å². The van der Waals surface area contributed by atoms with Crippen LogP contribution in [0.5, 0.6) is 0 Å². The number of aromatic nitrogens is 2. The van der Waals surface area contributed by atoms with Gasteiger partial charge in [-0.2, -0.15) is 0 Å². The van der Waals surface area contributed by atoms with Gasteiger partial charge in [0.25, 0.3) is 10.0 Å². The molecule has 0 bridgehead atoms. The molecule has 20 heavy (non-hydrogen) atoms. The van der Waals surface area contributed by atoms with Crippen LogP contribution in [0.2, 0.25) is 0 Å². The van der Waals surface area contributed by atoms with Crippen molar-refractivity contribution in [3.8, 4) is 0 Å². The summed E-state index contributed by atoms with van der Waals surface area (Å²) in [6, 6.07) is 0. The Bertz CT molecular complexity index is 590. The van der Waals surface area contributed by atoms with Crippen LogP contribution in [0, 0.1) is 12.8 Å². The number of sulfonamides is 1. The number of rotatable bonds is 7. The van der Waals surface area contributed by atoms with Gasteiger partial charge in [-0.1, -0.05) is 0 Å². The highest BCUT2D eigenvalue weighted by Crippen LogP contribution is 2.28. The number of hydrogen-bond donors (Lipinski definition) is 2. The van der Waals surface area contributed by atoms with E-state index in [0.717, 1.165) is 12.8 Å². The molecule has 1 aromatic heterocycles. The lowest BCUT2D eigenvalue weighted by molar-refractivity contribution is -0.122. The summed E-state index contributed by atoms with van der Waals surface area (Å²) in [5, 5.41) is 2.72. The molecule has 2 rings (SSSR count). The first-order valence-corrected chi connectivity index (χ1v) is 8.23. The highest BCUT2D eigenvalue weighted by molar-refractivity contribution is 7.89. The number of imidazole rings is 1. The van der Waals surface area contributed by atoms with Crippen molar-refractivity contribution in [2.75, 3.05) is 13.1 Å². The number of amides is 1. The molecule has 1 saturated carbocycles. The zero-order valence-corrected chi connectivity index (χ0v) is 12.5. The Hall–Kier alpha value is -1.41. The van der Waals surface area contributed by atoms with Gasteiger partial charge < -0.3 is 9.88 Å². The standard InChI is InChI=1S/C12H20N4O3S/c1-3-16-8-11(15-9(16)2)20(18,19)14-7-6-13-12(17)10-4-5-10/h8,10,14H,3-7H2,1-2H3,(H,13,17). The van der Waals surface area contributed by atoms with E-state index in [2.05, 4.69) is 15.0 Å². The Labute approximate surface area is 118 Å². The molecule has 0 aliphatic heterocycles. The van der Waals surface area contributed by atoms with Crippen molar-refractivity contribution >= 4 is 15.9 Å². The maximum atomic E-state index is 12.0. The summed E-state index contributed by atoms with van der Waals surface area (Å²) in [6.45, 7) is 4.82. The predicted molar refractivity (Wildman–Crippen MR) is 73.6 cm³/mol. The quantitative estimate of drug-likeness (QED) is 0.694. The molecular weight excluding hydrogens is 280 g/mol. The Balaban J connectivity index is 1.84. The van der Waals surface area contributed by atoms with Crippen molar-refractivity contribution in [3.63, 3.8) is 0 Å². The minimum absolute atomic E-state index is 0.00954. The second-order valence-corrected chi connectivity index (χ2v) is 6.59. The lowest BCUT2D eigenvalue weighted by atomic mass is 10.4. The van der Waals surface area contributed by atoms with Gasteiger partial charge in [0.2, 0.25) is 5.91 Å². The minimum atomic E-state index is -3.61. The van der Waals surface area contributed by atoms with Crippen LogP contribution in [0.4, 0.5) is 0 Å². The average Bonchev–Trinajstić information content (AvgIpc) is 3.17. The minimum Gasteiger partial charge on any atom is -0.355 e. The molecule has 1 aliphatic carbocycles. The van der Waals surface area contributed by atoms with Gasteiger partial charge in [0.05, 0.1) is 0 Å². The zero-order chi connectivity index (χ0) is 14.8. The summed E-state index contributed by atoms with van der Waals surface area (Å²) >= 11 is 0. The first-order chi connectivity index (χ1) is 9.44. The van der Waals surface area contributed by atoms with E-state index in [0.29, 0.717) is 18.9 Å². The number of aryl methyl sites for hydroxylation is 2. The van der Waals surface area contributed by atoms with Gasteiger partial charge in [0, 0.05) is 31.7 Å². The second-order valence-electron chi connectivity index (χ2n) is 4.88. The largest absolute Gasteiger partial charge is 0.355 e. The van der Waals surface area contributed by atoms with Crippen molar-refractivity contribution < 1.29 is 13.2 Å². The van der Waals surface area contributed by atoms with Crippen LogP contribution >= 0.6 is 0 Å². The van der Waals surface area contributed by atoms with Crippen molar-refractivity contribution in [3.05, 3.63) is 12.0 Å². The monoisotopic (exact) mass is 300 g/mol. The summed E-state index contributed by atoms with van der Waals surface area (Å²) < 4.78 is 28.2. The fraction of sp³-hybridized carbons (Fsp3) is 0.667. The highest BCUT2D eigenvalue weighted by atomic mass is 32.2. The molecule has 0 saturated heterocycles. The van der Waals surface area contributed by atoms with Crippen molar-refractivity contribution in [2.45, 2.75) is 38.3 Å². The van der Waals surface area contributed by atoms with Gasteiger partial charge >= 0.3 is 0 Å². The summed E-state index contributed by atoms with van der Waals surface area (Å²) in [7, 11) is -3.61. The van der Waals surface area contributed by atoms with Crippen LogP contribution in [0.25, 0.3) is 0 Å². The van der Waals surface area contributed by atoms with Crippen LogP contribution < -0.4 is 10.0 Å². The molecule has 1 heterocycles. The van der Waals surface area contributed by atoms with Crippen LogP contribution in [0.15, 0.2) is 11.2 Å². The molecular formula is C12H20N4O3S. The molecule has 0 spiro atoms. The molecule has 112 valence electrons. The molecule has 0 aromatic carbocycles. The maximum Gasteiger partial charge on any atom is 0.259 e. The third-order valence-electron chi connectivity index (χ3n) is 3.23. The SMILES string of the molecule is CCn1cc(S(=O)(=O)NCCNC(=O)C2CC2)nc1C. The summed E-state index contributed by atoms with van der Waals surface area (Å²) in [5.41, 5.74) is 0. The first-order valence-electron chi connectivity index (χ1n) is 6.75. The highest BCUT2D eigenvalue weighted by Gasteiger charge is 2.29. The lowest BCUT2D eigenvalue weighted by Gasteiger charge is -2.05. The first kappa shape index (κ1) is 15.0. The van der Waals surface area contributed by atoms with E-state index in [4.69, 9.17) is 0 Å². The maximum absolute atomic E-state index is 12.0. The normalized spacial score (nSPS) is 15.3. The molecule has 7 nitrogen and oxygen atoms in total.